The van der Waals surface area contributed by atoms with E-state index in [0.717, 1.165) is 60.6 Å². The second-order valence-electron chi connectivity index (χ2n) is 19.4. The monoisotopic (exact) mass is 1010 g/mol. The second kappa shape index (κ2) is 18.7. The summed E-state index contributed by atoms with van der Waals surface area (Å²) in [6.45, 7) is 0. The quantitative estimate of drug-likeness (QED) is 0.0954. The summed E-state index contributed by atoms with van der Waals surface area (Å²) in [4.78, 5) is 16.2. The maximum absolute atomic E-state index is 6.95. The number of hydrogen-bond donors (Lipinski definition) is 0. The summed E-state index contributed by atoms with van der Waals surface area (Å²) in [5.74, 6) is 1.77. The smallest absolute Gasteiger partial charge is 0.184 e. The molecule has 0 spiro atoms. The molecule has 3 heterocycles. The highest BCUT2D eigenvalue weighted by Crippen LogP contribution is 2.32. The molecular weight excluding hydrogens is 959 g/mol. The minimum atomic E-state index is -3.17. The van der Waals surface area contributed by atoms with Crippen molar-refractivity contribution in [3.8, 4) is 34.2 Å². The highest BCUT2D eigenvalue weighted by atomic mass is 28.3. The molecule has 0 saturated heterocycles. The lowest BCUT2D eigenvalue weighted by Gasteiger charge is -2.34. The van der Waals surface area contributed by atoms with Crippen LogP contribution in [0.1, 0.15) is 0 Å². The zero-order valence-electron chi connectivity index (χ0n) is 41.3. The van der Waals surface area contributed by atoms with Gasteiger partial charge >= 0.3 is 0 Å². The van der Waals surface area contributed by atoms with Crippen molar-refractivity contribution in [3.05, 3.63) is 285 Å². The van der Waals surface area contributed by atoms with E-state index < -0.39 is 16.1 Å². The van der Waals surface area contributed by atoms with Crippen LogP contribution in [0.3, 0.4) is 0 Å². The van der Waals surface area contributed by atoms with Gasteiger partial charge in [0.1, 0.15) is 22.3 Å². The van der Waals surface area contributed by atoms with E-state index in [4.69, 9.17) is 23.8 Å². The Balaban J connectivity index is 1.01. The van der Waals surface area contributed by atoms with E-state index in [0.29, 0.717) is 17.5 Å². The molecule has 0 bridgehead atoms. The zero-order chi connectivity index (χ0) is 50.5. The molecule has 14 rings (SSSR count). The van der Waals surface area contributed by atoms with Gasteiger partial charge in [-0.2, -0.15) is 0 Å². The predicted octanol–water partition coefficient (Wildman–Crippen LogP) is 11.4. The molecule has 0 radical (unpaired) electrons. The van der Waals surface area contributed by atoms with E-state index in [2.05, 4.69) is 255 Å². The summed E-state index contributed by atoms with van der Waals surface area (Å²) in [6.07, 6.45) is 0. The van der Waals surface area contributed by atoms with Crippen molar-refractivity contribution in [2.75, 3.05) is 0 Å². The lowest BCUT2D eigenvalue weighted by atomic mass is 10.1. The second-order valence-corrected chi connectivity index (χ2v) is 26.9. The molecule has 0 unspecified atom stereocenters. The number of nitrogens with zero attached hydrogens (tertiary/aromatic N) is 3. The summed E-state index contributed by atoms with van der Waals surface area (Å²) in [5.41, 5.74) is 6.25. The zero-order valence-corrected chi connectivity index (χ0v) is 43.3. The normalized spacial score (nSPS) is 11.9. The van der Waals surface area contributed by atoms with Crippen LogP contribution in [0.15, 0.2) is 294 Å². The van der Waals surface area contributed by atoms with Crippen LogP contribution in [0.25, 0.3) is 78.0 Å². The fraction of sp³-hybridized carbons (Fsp3) is 0. The average Bonchev–Trinajstić information content (AvgIpc) is 4.11. The largest absolute Gasteiger partial charge is 0.456 e. The van der Waals surface area contributed by atoms with E-state index in [9.17, 15) is 0 Å². The molecule has 0 N–H and O–H groups in total. The highest BCUT2D eigenvalue weighted by Gasteiger charge is 2.45. The van der Waals surface area contributed by atoms with Crippen LogP contribution in [-0.2, 0) is 0 Å². The molecule has 0 atom stereocenters. The van der Waals surface area contributed by atoms with Gasteiger partial charge in [-0.25, -0.2) is 15.0 Å². The van der Waals surface area contributed by atoms with Crippen LogP contribution >= 0.6 is 0 Å². The van der Waals surface area contributed by atoms with Crippen molar-refractivity contribution in [1.82, 2.24) is 15.0 Å². The number of para-hydroxylation sites is 4. The van der Waals surface area contributed by atoms with Crippen molar-refractivity contribution in [3.63, 3.8) is 0 Å². The Morgan fingerprint density at radius 3 is 0.921 bits per heavy atom. The maximum Gasteiger partial charge on any atom is 0.184 e. The van der Waals surface area contributed by atoms with Gasteiger partial charge in [0, 0.05) is 38.2 Å². The molecule has 0 aliphatic heterocycles. The number of fused-ring (bicyclic) bond motifs is 6. The third kappa shape index (κ3) is 7.31. The summed E-state index contributed by atoms with van der Waals surface area (Å²) < 4.78 is 13.9. The lowest BCUT2D eigenvalue weighted by molar-refractivity contribution is 0.671. The summed E-state index contributed by atoms with van der Waals surface area (Å²) in [5, 5.41) is 14.1. The SMILES string of the molecule is c1ccc(-c2nc(-c3cccc([Si](c4ccccc4)(c4ccccc4)c4cccc5c4oc4ccccc45)c3)nc(-c3cccc([Si](c4ccccc4)(c4ccccc4)c4cccc5c4oc4ccccc45)c3)n2)cc1. The van der Waals surface area contributed by atoms with Crippen molar-refractivity contribution in [2.24, 2.45) is 0 Å². The minimum absolute atomic E-state index is 0.587. The number of furan rings is 2. The van der Waals surface area contributed by atoms with E-state index in [1.165, 1.54) is 41.5 Å². The first kappa shape index (κ1) is 45.1. The Bertz CT molecular complexity index is 4070. The predicted molar refractivity (Wildman–Crippen MR) is 318 cm³/mol. The van der Waals surface area contributed by atoms with Crippen molar-refractivity contribution in [2.45, 2.75) is 0 Å². The van der Waals surface area contributed by atoms with Crippen LogP contribution in [0.5, 0.6) is 0 Å². The first-order chi connectivity index (χ1) is 37.7. The summed E-state index contributed by atoms with van der Waals surface area (Å²) in [6, 6.07) is 102. The Kier molecular flexibility index (Phi) is 11.1. The molecule has 0 saturated carbocycles. The van der Waals surface area contributed by atoms with E-state index in [-0.39, 0.29) is 0 Å². The molecule has 14 aromatic rings. The Morgan fingerprint density at radius 1 is 0.237 bits per heavy atom. The van der Waals surface area contributed by atoms with Gasteiger partial charge in [-0.15, -0.1) is 0 Å². The first-order valence-electron chi connectivity index (χ1n) is 25.7. The molecule has 0 aliphatic rings. The standard InChI is InChI=1S/C69H47N3O2Si2/c1-6-24-48(25-7-1)67-70-68(49-26-20-36-55(46-49)75(51-28-8-2-9-29-51,52-30-10-3-11-31-52)63-44-22-40-59-57-38-16-18-42-61(57)73-65(59)63)72-69(71-67)50-27-21-37-56(47-50)76(53-32-12-4-13-33-53,54-34-14-5-15-35-54)64-45-23-41-60-58-39-17-19-43-62(58)74-66(60)64/h1-47H. The third-order valence-corrected chi connectivity index (χ3v) is 24.8. The van der Waals surface area contributed by atoms with Crippen LogP contribution in [0.2, 0.25) is 0 Å². The number of aromatic nitrogens is 3. The van der Waals surface area contributed by atoms with E-state index in [1.807, 2.05) is 30.3 Å². The van der Waals surface area contributed by atoms with Gasteiger partial charge in [0.15, 0.2) is 33.6 Å². The number of benzene rings is 11. The topological polar surface area (TPSA) is 65.0 Å². The maximum atomic E-state index is 6.95. The molecule has 0 aliphatic carbocycles. The number of hydrogen-bond acceptors (Lipinski definition) is 5. The average molecular weight is 1010 g/mol. The van der Waals surface area contributed by atoms with E-state index in [1.54, 1.807) is 0 Å². The molecule has 358 valence electrons. The van der Waals surface area contributed by atoms with Crippen LogP contribution < -0.4 is 41.5 Å². The molecule has 0 fully saturated rings. The van der Waals surface area contributed by atoms with Crippen LogP contribution in [-0.4, -0.2) is 31.1 Å². The molecule has 0 amide bonds. The minimum Gasteiger partial charge on any atom is -0.456 e. The molecule has 11 aromatic carbocycles. The van der Waals surface area contributed by atoms with Crippen molar-refractivity contribution >= 4 is 102 Å². The summed E-state index contributed by atoms with van der Waals surface area (Å²) in [7, 11) is -6.34. The van der Waals surface area contributed by atoms with Gasteiger partial charge in [0.05, 0.1) is 0 Å². The third-order valence-electron chi connectivity index (χ3n) is 15.2. The fourth-order valence-corrected chi connectivity index (χ4v) is 21.7. The van der Waals surface area contributed by atoms with Gasteiger partial charge < -0.3 is 8.83 Å². The molecule has 7 heteroatoms. The molecule has 5 nitrogen and oxygen atoms in total. The number of rotatable bonds is 11. The fourth-order valence-electron chi connectivity index (χ4n) is 11.9. The Hall–Kier alpha value is -9.54. The van der Waals surface area contributed by atoms with Crippen molar-refractivity contribution in [1.29, 1.82) is 0 Å². The highest BCUT2D eigenvalue weighted by molar-refractivity contribution is 7.21. The van der Waals surface area contributed by atoms with Crippen LogP contribution in [0, 0.1) is 0 Å². The van der Waals surface area contributed by atoms with Gasteiger partial charge in [-0.05, 0) is 53.6 Å². The van der Waals surface area contributed by atoms with Gasteiger partial charge in [0.2, 0.25) is 0 Å². The lowest BCUT2D eigenvalue weighted by Crippen LogP contribution is -2.74. The van der Waals surface area contributed by atoms with Crippen LogP contribution in [0.4, 0.5) is 0 Å². The Labute approximate surface area is 442 Å². The molecule has 3 aromatic heterocycles. The van der Waals surface area contributed by atoms with E-state index >= 15 is 0 Å². The molecule has 76 heavy (non-hydrogen) atoms. The first-order valence-corrected chi connectivity index (χ1v) is 29.7. The van der Waals surface area contributed by atoms with Gasteiger partial charge in [-0.1, -0.05) is 273 Å². The molecular formula is C69H47N3O2Si2. The van der Waals surface area contributed by atoms with Gasteiger partial charge in [0.25, 0.3) is 0 Å². The van der Waals surface area contributed by atoms with Crippen molar-refractivity contribution < 1.29 is 8.83 Å². The van der Waals surface area contributed by atoms with Gasteiger partial charge in [-0.3, -0.25) is 0 Å². The summed E-state index contributed by atoms with van der Waals surface area (Å²) >= 11 is 0. The Morgan fingerprint density at radius 2 is 0.526 bits per heavy atom.